The third-order valence-corrected chi connectivity index (χ3v) is 6.24. The van der Waals surface area contributed by atoms with Crippen LogP contribution in [-0.4, -0.2) is 57.0 Å². The second-order valence-corrected chi connectivity index (χ2v) is 8.13. The summed E-state index contributed by atoms with van der Waals surface area (Å²) in [5, 5.41) is 0.306. The number of methoxy groups -OCH3 is 1. The molecule has 1 aromatic rings. The van der Waals surface area contributed by atoms with Crippen molar-refractivity contribution < 1.29 is 14.3 Å². The molecule has 0 saturated carbocycles. The zero-order valence-corrected chi connectivity index (χ0v) is 17.6. The number of ether oxygens (including phenoxy) is 2. The highest BCUT2D eigenvalue weighted by atomic mass is 32.2. The Morgan fingerprint density at radius 2 is 2.15 bits per heavy atom. The van der Waals surface area contributed by atoms with Gasteiger partial charge in [-0.1, -0.05) is 25.6 Å². The molecule has 0 fully saturated rings. The van der Waals surface area contributed by atoms with Gasteiger partial charge in [0.15, 0.2) is 6.61 Å². The number of fused-ring (bicyclic) bond motifs is 1. The van der Waals surface area contributed by atoms with Crippen LogP contribution in [-0.2, 0) is 9.53 Å². The predicted molar refractivity (Wildman–Crippen MR) is 113 cm³/mol. The normalized spacial score (nSPS) is 19.4. The molecule has 1 aliphatic rings. The second-order valence-electron chi connectivity index (χ2n) is 6.88. The van der Waals surface area contributed by atoms with Crippen molar-refractivity contribution in [3.63, 3.8) is 0 Å². The van der Waals surface area contributed by atoms with E-state index in [0.717, 1.165) is 35.8 Å². The van der Waals surface area contributed by atoms with E-state index >= 15 is 0 Å². The third kappa shape index (κ3) is 5.30. The molecule has 0 amide bonds. The summed E-state index contributed by atoms with van der Waals surface area (Å²) in [7, 11) is 5.49. The second kappa shape index (κ2) is 9.85. The van der Waals surface area contributed by atoms with E-state index in [4.69, 9.17) is 9.47 Å². The van der Waals surface area contributed by atoms with E-state index in [9.17, 15) is 4.79 Å². The molecule has 27 heavy (non-hydrogen) atoms. The highest BCUT2D eigenvalue weighted by molar-refractivity contribution is 8.00. The third-order valence-electron chi connectivity index (χ3n) is 4.69. The van der Waals surface area contributed by atoms with Gasteiger partial charge in [-0.05, 0) is 32.6 Å². The van der Waals surface area contributed by atoms with Crippen molar-refractivity contribution in [3.05, 3.63) is 43.1 Å². The molecule has 0 saturated heterocycles. The van der Waals surface area contributed by atoms with Crippen LogP contribution in [0.5, 0.6) is 5.75 Å². The first-order chi connectivity index (χ1) is 12.9. The average molecular weight is 391 g/mol. The minimum atomic E-state index is -0.392. The Morgan fingerprint density at radius 1 is 1.41 bits per heavy atom. The molecule has 5 nitrogen and oxygen atoms in total. The Balaban J connectivity index is 2.44. The lowest BCUT2D eigenvalue weighted by atomic mass is 10.00. The first-order valence-corrected chi connectivity index (χ1v) is 9.98. The van der Waals surface area contributed by atoms with Crippen LogP contribution in [0.3, 0.4) is 0 Å². The molecule has 0 bridgehead atoms. The highest BCUT2D eigenvalue weighted by Crippen LogP contribution is 2.48. The number of hydrogen-bond donors (Lipinski definition) is 0. The standard InChI is InChI=1S/C21H30N2O3S/c1-7-9-19-15(2)16(3)23(13-12-22(4)5)17-10-8-11-18(21(17)27-19)26-14-20(24)25-6/h7-8,10-11,15,19H,1,3,9,12-14H2,2,4-6H3. The Labute approximate surface area is 167 Å². The molecule has 2 atom stereocenters. The van der Waals surface area contributed by atoms with Crippen LogP contribution >= 0.6 is 11.8 Å². The summed E-state index contributed by atoms with van der Waals surface area (Å²) < 4.78 is 10.5. The fourth-order valence-electron chi connectivity index (χ4n) is 2.99. The van der Waals surface area contributed by atoms with Gasteiger partial charge in [-0.15, -0.1) is 18.3 Å². The van der Waals surface area contributed by atoms with Gasteiger partial charge in [0.2, 0.25) is 0 Å². The molecule has 1 aromatic carbocycles. The lowest BCUT2D eigenvalue weighted by Gasteiger charge is -2.31. The molecule has 0 spiro atoms. The fourth-order valence-corrected chi connectivity index (χ4v) is 4.43. The van der Waals surface area contributed by atoms with Crippen molar-refractivity contribution >= 4 is 23.4 Å². The lowest BCUT2D eigenvalue weighted by Crippen LogP contribution is -2.33. The van der Waals surface area contributed by atoms with Gasteiger partial charge in [-0.3, -0.25) is 0 Å². The summed E-state index contributed by atoms with van der Waals surface area (Å²) in [6.45, 7) is 12.2. The minimum Gasteiger partial charge on any atom is -0.481 e. The summed E-state index contributed by atoms with van der Waals surface area (Å²) in [6.07, 6.45) is 2.83. The number of carbonyl (C=O) groups is 1. The van der Waals surface area contributed by atoms with E-state index in [-0.39, 0.29) is 12.5 Å². The molecule has 1 aliphatic heterocycles. The molecule has 148 valence electrons. The maximum Gasteiger partial charge on any atom is 0.343 e. The van der Waals surface area contributed by atoms with E-state index in [2.05, 4.69) is 50.0 Å². The van der Waals surface area contributed by atoms with Gasteiger partial charge < -0.3 is 19.3 Å². The lowest BCUT2D eigenvalue weighted by molar-refractivity contribution is -0.142. The number of anilines is 1. The van der Waals surface area contributed by atoms with E-state index in [1.165, 1.54) is 7.11 Å². The zero-order valence-electron chi connectivity index (χ0n) is 16.7. The maximum absolute atomic E-state index is 11.5. The van der Waals surface area contributed by atoms with Gasteiger partial charge >= 0.3 is 5.97 Å². The van der Waals surface area contributed by atoms with Crippen molar-refractivity contribution in [3.8, 4) is 5.75 Å². The van der Waals surface area contributed by atoms with Gasteiger partial charge in [-0.2, -0.15) is 0 Å². The summed E-state index contributed by atoms with van der Waals surface area (Å²) >= 11 is 1.77. The number of carbonyl (C=O) groups excluding carboxylic acids is 1. The summed E-state index contributed by atoms with van der Waals surface area (Å²) in [5.41, 5.74) is 2.17. The van der Waals surface area contributed by atoms with Crippen LogP contribution in [0.25, 0.3) is 0 Å². The molecule has 0 aromatic heterocycles. The molecule has 6 heteroatoms. The molecule has 0 radical (unpaired) electrons. The van der Waals surface area contributed by atoms with Gasteiger partial charge in [0, 0.05) is 30.0 Å². The van der Waals surface area contributed by atoms with Crippen molar-refractivity contribution in [2.45, 2.75) is 23.5 Å². The number of benzene rings is 1. The molecule has 2 rings (SSSR count). The fraction of sp³-hybridized carbons (Fsp3) is 0.476. The van der Waals surface area contributed by atoms with Gasteiger partial charge in [0.05, 0.1) is 17.7 Å². The Bertz CT molecular complexity index is 690. The van der Waals surface area contributed by atoms with Gasteiger partial charge in [0.1, 0.15) is 5.75 Å². The highest BCUT2D eigenvalue weighted by Gasteiger charge is 2.32. The number of rotatable bonds is 8. The van der Waals surface area contributed by atoms with Crippen LogP contribution in [0, 0.1) is 5.92 Å². The van der Waals surface area contributed by atoms with Crippen LogP contribution in [0.1, 0.15) is 13.3 Å². The molecule has 0 N–H and O–H groups in total. The summed E-state index contributed by atoms with van der Waals surface area (Å²) in [5.74, 6) is 0.598. The monoisotopic (exact) mass is 390 g/mol. The number of likely N-dealkylation sites (N-methyl/N-ethyl adjacent to an activating group) is 1. The Kier molecular flexibility index (Phi) is 7.80. The quantitative estimate of drug-likeness (QED) is 0.497. The molecule has 0 aliphatic carbocycles. The number of allylic oxidation sites excluding steroid dienone is 2. The summed E-state index contributed by atoms with van der Waals surface area (Å²) in [6, 6.07) is 5.96. The van der Waals surface area contributed by atoms with E-state index in [1.807, 2.05) is 18.2 Å². The SMILES string of the molecule is C=CCC1Sc2c(OCC(=O)OC)cccc2N(CCN(C)C)C(=C)C1C. The first kappa shape index (κ1) is 21.4. The average Bonchev–Trinajstić information content (AvgIpc) is 2.74. The van der Waals surface area contributed by atoms with E-state index in [1.54, 1.807) is 11.8 Å². The van der Waals surface area contributed by atoms with Crippen LogP contribution in [0.4, 0.5) is 5.69 Å². The van der Waals surface area contributed by atoms with Gasteiger partial charge in [0.25, 0.3) is 0 Å². The first-order valence-electron chi connectivity index (χ1n) is 9.10. The smallest absolute Gasteiger partial charge is 0.343 e. The van der Waals surface area contributed by atoms with E-state index in [0.29, 0.717) is 11.0 Å². The van der Waals surface area contributed by atoms with E-state index < -0.39 is 5.97 Å². The largest absolute Gasteiger partial charge is 0.481 e. The van der Waals surface area contributed by atoms with Crippen molar-refractivity contribution in [1.29, 1.82) is 0 Å². The molecule has 2 unspecified atom stereocenters. The number of nitrogens with zero attached hydrogens (tertiary/aromatic N) is 2. The van der Waals surface area contributed by atoms with Gasteiger partial charge in [-0.25, -0.2) is 4.79 Å². The molecular weight excluding hydrogens is 360 g/mol. The predicted octanol–water partition coefficient (Wildman–Crippen LogP) is 3.81. The Morgan fingerprint density at radius 3 is 2.78 bits per heavy atom. The van der Waals surface area contributed by atoms with Crippen LogP contribution < -0.4 is 9.64 Å². The maximum atomic E-state index is 11.5. The van der Waals surface area contributed by atoms with Crippen molar-refractivity contribution in [2.75, 3.05) is 45.8 Å². The summed E-state index contributed by atoms with van der Waals surface area (Å²) in [4.78, 5) is 17.0. The number of thioether (sulfide) groups is 1. The van der Waals surface area contributed by atoms with Crippen LogP contribution in [0.15, 0.2) is 48.0 Å². The number of hydrogen-bond acceptors (Lipinski definition) is 6. The minimum absolute atomic E-state index is 0.103. The molecule has 1 heterocycles. The Hall–Kier alpha value is -1.92. The zero-order chi connectivity index (χ0) is 20.0. The van der Waals surface area contributed by atoms with Crippen molar-refractivity contribution in [1.82, 2.24) is 4.90 Å². The number of esters is 1. The molecular formula is C21H30N2O3S. The van der Waals surface area contributed by atoms with Crippen molar-refractivity contribution in [2.24, 2.45) is 5.92 Å². The topological polar surface area (TPSA) is 42.0 Å². The van der Waals surface area contributed by atoms with Crippen LogP contribution in [0.2, 0.25) is 0 Å².